The number of rotatable bonds is 7. The van der Waals surface area contributed by atoms with Gasteiger partial charge in [-0.3, -0.25) is 0 Å². The Morgan fingerprint density at radius 2 is 1.50 bits per heavy atom. The van der Waals surface area contributed by atoms with Crippen molar-refractivity contribution >= 4 is 24.2 Å². The summed E-state index contributed by atoms with van der Waals surface area (Å²) in [6.07, 6.45) is 5.50. The molecule has 5 nitrogen and oxygen atoms in total. The van der Waals surface area contributed by atoms with Crippen molar-refractivity contribution in [3.8, 4) is 17.2 Å². The quantitative estimate of drug-likeness (QED) is 0.548. The van der Waals surface area contributed by atoms with Crippen molar-refractivity contribution in [2.45, 2.75) is 0 Å². The summed E-state index contributed by atoms with van der Waals surface area (Å²) < 4.78 is 20.9. The van der Waals surface area contributed by atoms with Gasteiger partial charge < -0.3 is 18.9 Å². The molecule has 0 atom stereocenters. The summed E-state index contributed by atoms with van der Waals surface area (Å²) in [6, 6.07) is 8.92. The summed E-state index contributed by atoms with van der Waals surface area (Å²) in [4.78, 5) is 11.6. The number of carbonyl (C=O) groups excluding carboxylic acids is 1. The van der Waals surface area contributed by atoms with E-state index in [-0.39, 0.29) is 0 Å². The van der Waals surface area contributed by atoms with Crippen LogP contribution in [0.1, 0.15) is 27.0 Å². The molecule has 0 aliphatic carbocycles. The fourth-order valence-electron chi connectivity index (χ4n) is 2.54. The van der Waals surface area contributed by atoms with Gasteiger partial charge in [0.05, 0.1) is 39.6 Å². The largest absolute Gasteiger partial charge is 0.496 e. The molecule has 5 heteroatoms. The zero-order valence-electron chi connectivity index (χ0n) is 15.4. The van der Waals surface area contributed by atoms with Gasteiger partial charge in [-0.15, -0.1) is 0 Å². The Kier molecular flexibility index (Phi) is 6.44. The monoisotopic (exact) mass is 354 g/mol. The lowest BCUT2D eigenvalue weighted by Crippen LogP contribution is -2.01. The Morgan fingerprint density at radius 1 is 0.885 bits per heavy atom. The minimum Gasteiger partial charge on any atom is -0.496 e. The summed E-state index contributed by atoms with van der Waals surface area (Å²) in [5.74, 6) is 1.51. The van der Waals surface area contributed by atoms with Crippen molar-refractivity contribution in [3.63, 3.8) is 0 Å². The topological polar surface area (TPSA) is 54.0 Å². The van der Waals surface area contributed by atoms with Crippen LogP contribution in [0.15, 0.2) is 36.9 Å². The van der Waals surface area contributed by atoms with E-state index in [1.54, 1.807) is 45.6 Å². The molecule has 0 amide bonds. The average molecular weight is 354 g/mol. The molecule has 0 aliphatic rings. The molecular weight excluding hydrogens is 332 g/mol. The second kappa shape index (κ2) is 8.76. The zero-order chi connectivity index (χ0) is 19.1. The second-order valence-corrected chi connectivity index (χ2v) is 5.32. The molecular formula is C21H22O5. The summed E-state index contributed by atoms with van der Waals surface area (Å²) in [5, 5.41) is 0. The van der Waals surface area contributed by atoms with Crippen molar-refractivity contribution < 1.29 is 23.7 Å². The maximum atomic E-state index is 11.6. The molecule has 0 saturated carbocycles. The van der Waals surface area contributed by atoms with Gasteiger partial charge in [0.25, 0.3) is 0 Å². The first-order valence-electron chi connectivity index (χ1n) is 7.90. The molecule has 0 saturated heterocycles. The van der Waals surface area contributed by atoms with E-state index in [1.807, 2.05) is 24.3 Å². The Hall–Kier alpha value is -3.21. The molecule has 0 aromatic heterocycles. The SMILES string of the molecule is C=Cc1c(OC)cc(/C=C/c2ccc(C(=O)OC)cc2OC)cc1OC. The summed E-state index contributed by atoms with van der Waals surface area (Å²) in [6.45, 7) is 3.79. The van der Waals surface area contributed by atoms with E-state index in [4.69, 9.17) is 18.9 Å². The van der Waals surface area contributed by atoms with Gasteiger partial charge in [0, 0.05) is 5.56 Å². The van der Waals surface area contributed by atoms with E-state index in [2.05, 4.69) is 6.58 Å². The lowest BCUT2D eigenvalue weighted by atomic mass is 10.1. The van der Waals surface area contributed by atoms with E-state index >= 15 is 0 Å². The van der Waals surface area contributed by atoms with Crippen LogP contribution in [0.5, 0.6) is 17.2 Å². The van der Waals surface area contributed by atoms with Gasteiger partial charge in [0.1, 0.15) is 17.2 Å². The Balaban J connectivity index is 2.40. The van der Waals surface area contributed by atoms with Gasteiger partial charge in [-0.2, -0.15) is 0 Å². The number of benzene rings is 2. The third kappa shape index (κ3) is 4.06. The third-order valence-corrected chi connectivity index (χ3v) is 3.88. The molecule has 0 spiro atoms. The van der Waals surface area contributed by atoms with Crippen molar-refractivity contribution in [3.05, 3.63) is 59.2 Å². The predicted octanol–water partition coefficient (Wildman–Crippen LogP) is 4.31. The van der Waals surface area contributed by atoms with Gasteiger partial charge >= 0.3 is 5.97 Å². The molecule has 2 rings (SSSR count). The van der Waals surface area contributed by atoms with Gasteiger partial charge in [0.2, 0.25) is 0 Å². The smallest absolute Gasteiger partial charge is 0.337 e. The summed E-state index contributed by atoms with van der Waals surface area (Å²) in [5.41, 5.74) is 2.95. The molecule has 0 aliphatic heterocycles. The summed E-state index contributed by atoms with van der Waals surface area (Å²) in [7, 11) is 6.10. The van der Waals surface area contributed by atoms with Crippen LogP contribution in [0, 0.1) is 0 Å². The lowest BCUT2D eigenvalue weighted by Gasteiger charge is -2.11. The van der Waals surface area contributed by atoms with Gasteiger partial charge in [0.15, 0.2) is 0 Å². The number of hydrogen-bond donors (Lipinski definition) is 0. The molecule has 0 fully saturated rings. The van der Waals surface area contributed by atoms with Crippen LogP contribution in [0.2, 0.25) is 0 Å². The normalized spacial score (nSPS) is 10.5. The zero-order valence-corrected chi connectivity index (χ0v) is 15.4. The Morgan fingerprint density at radius 3 is 2.00 bits per heavy atom. The Bertz CT molecular complexity index is 811. The van der Waals surface area contributed by atoms with Crippen molar-refractivity contribution in [1.82, 2.24) is 0 Å². The number of esters is 1. The highest BCUT2D eigenvalue weighted by Gasteiger charge is 2.10. The van der Waals surface area contributed by atoms with Crippen molar-refractivity contribution in [1.29, 1.82) is 0 Å². The van der Waals surface area contributed by atoms with Crippen molar-refractivity contribution in [2.24, 2.45) is 0 Å². The highest BCUT2D eigenvalue weighted by molar-refractivity contribution is 5.90. The molecule has 0 heterocycles. The first kappa shape index (κ1) is 19.1. The van der Waals surface area contributed by atoms with Crippen molar-refractivity contribution in [2.75, 3.05) is 28.4 Å². The maximum Gasteiger partial charge on any atom is 0.337 e. The van der Waals surface area contributed by atoms with E-state index in [0.29, 0.717) is 22.8 Å². The van der Waals surface area contributed by atoms with Crippen LogP contribution >= 0.6 is 0 Å². The lowest BCUT2D eigenvalue weighted by molar-refractivity contribution is 0.0600. The molecule has 0 bridgehead atoms. The second-order valence-electron chi connectivity index (χ2n) is 5.32. The van der Waals surface area contributed by atoms with Gasteiger partial charge in [-0.05, 0) is 29.8 Å². The molecule has 26 heavy (non-hydrogen) atoms. The standard InChI is InChI=1S/C21H22O5/c1-6-17-19(24-3)11-14(12-20(17)25-4)7-8-15-9-10-16(21(22)26-5)13-18(15)23-2/h6-13H,1H2,2-5H3/b8-7+. The number of hydrogen-bond acceptors (Lipinski definition) is 5. The highest BCUT2D eigenvalue weighted by Crippen LogP contribution is 2.32. The maximum absolute atomic E-state index is 11.6. The van der Waals surface area contributed by atoms with Crippen LogP contribution < -0.4 is 14.2 Å². The van der Waals surface area contributed by atoms with Crippen LogP contribution in [0.3, 0.4) is 0 Å². The van der Waals surface area contributed by atoms with Gasteiger partial charge in [-0.25, -0.2) is 4.79 Å². The van der Waals surface area contributed by atoms with E-state index < -0.39 is 5.97 Å². The van der Waals surface area contributed by atoms with Crippen LogP contribution in [-0.4, -0.2) is 34.4 Å². The van der Waals surface area contributed by atoms with Crippen LogP contribution in [0.4, 0.5) is 0 Å². The van der Waals surface area contributed by atoms with Crippen LogP contribution in [-0.2, 0) is 4.74 Å². The molecule has 0 N–H and O–H groups in total. The van der Waals surface area contributed by atoms with E-state index in [0.717, 1.165) is 16.7 Å². The number of carbonyl (C=O) groups is 1. The average Bonchev–Trinajstić information content (AvgIpc) is 2.70. The summed E-state index contributed by atoms with van der Waals surface area (Å²) >= 11 is 0. The third-order valence-electron chi connectivity index (χ3n) is 3.88. The fraction of sp³-hybridized carbons (Fsp3) is 0.190. The molecule has 0 unspecified atom stereocenters. The first-order chi connectivity index (χ1) is 12.6. The van der Waals surface area contributed by atoms with Crippen LogP contribution in [0.25, 0.3) is 18.2 Å². The fourth-order valence-corrected chi connectivity index (χ4v) is 2.54. The van der Waals surface area contributed by atoms with E-state index in [1.165, 1.54) is 7.11 Å². The highest BCUT2D eigenvalue weighted by atomic mass is 16.5. The minimum absolute atomic E-state index is 0.409. The predicted molar refractivity (Wildman–Crippen MR) is 103 cm³/mol. The minimum atomic E-state index is -0.409. The van der Waals surface area contributed by atoms with E-state index in [9.17, 15) is 4.79 Å². The molecule has 2 aromatic carbocycles. The molecule has 2 aromatic rings. The first-order valence-corrected chi connectivity index (χ1v) is 7.90. The number of ether oxygens (including phenoxy) is 4. The van der Waals surface area contributed by atoms with Gasteiger partial charge in [-0.1, -0.05) is 30.9 Å². The molecule has 136 valence electrons. The Labute approximate surface area is 153 Å². The number of methoxy groups -OCH3 is 4. The molecule has 0 radical (unpaired) electrons.